The first-order valence-electron chi connectivity index (χ1n) is 8.59. The molecule has 7 nitrogen and oxygen atoms in total. The summed E-state index contributed by atoms with van der Waals surface area (Å²) in [6.07, 6.45) is 2.07. The predicted molar refractivity (Wildman–Crippen MR) is 93.8 cm³/mol. The molecule has 1 amide bonds. The summed E-state index contributed by atoms with van der Waals surface area (Å²) in [6, 6.07) is 1.85. The number of aryl methyl sites for hydroxylation is 1. The van der Waals surface area contributed by atoms with Gasteiger partial charge in [-0.2, -0.15) is 5.10 Å². The molecule has 0 aromatic carbocycles. The van der Waals surface area contributed by atoms with E-state index in [0.717, 1.165) is 35.3 Å². The Morgan fingerprint density at radius 2 is 2.04 bits per heavy atom. The van der Waals surface area contributed by atoms with Crippen LogP contribution in [-0.2, 0) is 10.3 Å². The highest BCUT2D eigenvalue weighted by atomic mass is 16.4. The standard InChI is InChI=1S/C18H24N4O3/c1-10-15-12(17(25)19-8-7-14(23)24)9-13(11-5-6-11)20-16(15)22(21-10)18(2,3)4/h9,11H,5-8H2,1-4H3,(H,19,25)(H,23,24). The monoisotopic (exact) mass is 344 g/mol. The summed E-state index contributed by atoms with van der Waals surface area (Å²) in [5.74, 6) is -0.804. The number of nitrogens with one attached hydrogen (secondary N) is 1. The first-order valence-corrected chi connectivity index (χ1v) is 8.59. The largest absolute Gasteiger partial charge is 0.481 e. The number of aromatic nitrogens is 3. The molecule has 0 atom stereocenters. The average molecular weight is 344 g/mol. The Balaban J connectivity index is 2.08. The van der Waals surface area contributed by atoms with Crippen LogP contribution < -0.4 is 5.32 Å². The van der Waals surface area contributed by atoms with Gasteiger partial charge in [0, 0.05) is 18.2 Å². The van der Waals surface area contributed by atoms with E-state index in [-0.39, 0.29) is 24.4 Å². The Hall–Kier alpha value is -2.44. The van der Waals surface area contributed by atoms with Gasteiger partial charge in [0.25, 0.3) is 5.91 Å². The Kier molecular flexibility index (Phi) is 4.26. The third kappa shape index (κ3) is 3.50. The molecule has 2 aromatic rings. The maximum Gasteiger partial charge on any atom is 0.305 e. The molecular formula is C18H24N4O3. The first-order chi connectivity index (χ1) is 11.7. The molecule has 7 heteroatoms. The second-order valence-corrected chi connectivity index (χ2v) is 7.64. The van der Waals surface area contributed by atoms with Crippen LogP contribution in [0.2, 0.25) is 0 Å². The van der Waals surface area contributed by atoms with E-state index in [1.807, 2.05) is 17.7 Å². The summed E-state index contributed by atoms with van der Waals surface area (Å²) >= 11 is 0. The van der Waals surface area contributed by atoms with Crippen LogP contribution in [0.4, 0.5) is 0 Å². The van der Waals surface area contributed by atoms with Gasteiger partial charge in [-0.05, 0) is 46.6 Å². The van der Waals surface area contributed by atoms with E-state index in [9.17, 15) is 9.59 Å². The van der Waals surface area contributed by atoms with Gasteiger partial charge >= 0.3 is 5.97 Å². The van der Waals surface area contributed by atoms with Gasteiger partial charge < -0.3 is 10.4 Å². The minimum Gasteiger partial charge on any atom is -0.481 e. The SMILES string of the molecule is Cc1nn(C(C)(C)C)c2nc(C3CC3)cc(C(=O)NCCC(=O)O)c12. The Bertz CT molecular complexity index is 844. The molecule has 25 heavy (non-hydrogen) atoms. The molecule has 0 unspecified atom stereocenters. The summed E-state index contributed by atoms with van der Waals surface area (Å²) in [5.41, 5.74) is 2.67. The van der Waals surface area contributed by atoms with Crippen molar-refractivity contribution in [2.45, 2.75) is 58.4 Å². The fourth-order valence-corrected chi connectivity index (χ4v) is 2.92. The topological polar surface area (TPSA) is 97.1 Å². The zero-order valence-electron chi connectivity index (χ0n) is 15.1. The third-order valence-electron chi connectivity index (χ3n) is 4.33. The summed E-state index contributed by atoms with van der Waals surface area (Å²) in [6.45, 7) is 8.13. The van der Waals surface area contributed by atoms with Crippen molar-refractivity contribution in [3.05, 3.63) is 23.0 Å². The number of hydrogen-bond donors (Lipinski definition) is 2. The molecule has 1 aliphatic carbocycles. The number of hydrogen-bond acceptors (Lipinski definition) is 4. The van der Waals surface area contributed by atoms with Gasteiger partial charge in [-0.1, -0.05) is 0 Å². The van der Waals surface area contributed by atoms with Crippen molar-refractivity contribution in [3.63, 3.8) is 0 Å². The van der Waals surface area contributed by atoms with Crippen LogP contribution in [0.5, 0.6) is 0 Å². The number of carbonyl (C=O) groups excluding carboxylic acids is 1. The molecule has 3 rings (SSSR count). The van der Waals surface area contributed by atoms with Gasteiger partial charge in [0.1, 0.15) is 0 Å². The van der Waals surface area contributed by atoms with Gasteiger partial charge in [0.15, 0.2) is 5.65 Å². The summed E-state index contributed by atoms with van der Waals surface area (Å²) in [7, 11) is 0. The van der Waals surface area contributed by atoms with Crippen molar-refractivity contribution in [1.29, 1.82) is 0 Å². The quantitative estimate of drug-likeness (QED) is 0.869. The summed E-state index contributed by atoms with van der Waals surface area (Å²) in [4.78, 5) is 28.2. The van der Waals surface area contributed by atoms with Crippen molar-refractivity contribution in [2.24, 2.45) is 0 Å². The number of fused-ring (bicyclic) bond motifs is 1. The zero-order valence-corrected chi connectivity index (χ0v) is 15.1. The maximum atomic E-state index is 12.7. The fourth-order valence-electron chi connectivity index (χ4n) is 2.92. The van der Waals surface area contributed by atoms with Crippen LogP contribution in [0.3, 0.4) is 0 Å². The molecule has 1 saturated carbocycles. The third-order valence-corrected chi connectivity index (χ3v) is 4.33. The number of carboxylic acids is 1. The number of carbonyl (C=O) groups is 2. The number of nitrogens with zero attached hydrogens (tertiary/aromatic N) is 3. The van der Waals surface area contributed by atoms with E-state index in [2.05, 4.69) is 31.2 Å². The minimum absolute atomic E-state index is 0.100. The van der Waals surface area contributed by atoms with Gasteiger partial charge in [0.05, 0.1) is 28.6 Å². The highest BCUT2D eigenvalue weighted by molar-refractivity contribution is 6.06. The van der Waals surface area contributed by atoms with Crippen LogP contribution in [-0.4, -0.2) is 38.3 Å². The maximum absolute atomic E-state index is 12.7. The highest BCUT2D eigenvalue weighted by Gasteiger charge is 2.30. The molecule has 134 valence electrons. The normalized spacial score (nSPS) is 14.7. The second kappa shape index (κ2) is 6.13. The van der Waals surface area contributed by atoms with Crippen LogP contribution in [0.1, 0.15) is 67.7 Å². The smallest absolute Gasteiger partial charge is 0.305 e. The molecule has 2 aromatic heterocycles. The molecule has 1 aliphatic rings. The van der Waals surface area contributed by atoms with Crippen LogP contribution >= 0.6 is 0 Å². The van der Waals surface area contributed by atoms with Crippen LogP contribution in [0, 0.1) is 6.92 Å². The lowest BCUT2D eigenvalue weighted by atomic mass is 10.1. The van der Waals surface area contributed by atoms with E-state index in [1.54, 1.807) is 0 Å². The van der Waals surface area contributed by atoms with Crippen molar-refractivity contribution in [2.75, 3.05) is 6.54 Å². The van der Waals surface area contributed by atoms with Gasteiger partial charge in [-0.25, -0.2) is 9.67 Å². The lowest BCUT2D eigenvalue weighted by Gasteiger charge is -2.20. The van der Waals surface area contributed by atoms with E-state index in [4.69, 9.17) is 10.1 Å². The number of amides is 1. The van der Waals surface area contributed by atoms with Crippen molar-refractivity contribution < 1.29 is 14.7 Å². The predicted octanol–water partition coefficient (Wildman–Crippen LogP) is 2.58. The summed E-state index contributed by atoms with van der Waals surface area (Å²) in [5, 5.41) is 16.8. The van der Waals surface area contributed by atoms with E-state index < -0.39 is 5.97 Å². The average Bonchev–Trinajstić information content (AvgIpc) is 3.29. The molecule has 0 saturated heterocycles. The van der Waals surface area contributed by atoms with Crippen molar-refractivity contribution in [3.8, 4) is 0 Å². The Morgan fingerprint density at radius 3 is 2.60 bits per heavy atom. The molecule has 2 N–H and O–H groups in total. The number of pyridine rings is 1. The number of carboxylic acid groups (broad SMARTS) is 1. The molecule has 0 radical (unpaired) electrons. The van der Waals surface area contributed by atoms with Crippen LogP contribution in [0.25, 0.3) is 11.0 Å². The summed E-state index contributed by atoms with van der Waals surface area (Å²) < 4.78 is 1.87. The van der Waals surface area contributed by atoms with Crippen molar-refractivity contribution in [1.82, 2.24) is 20.1 Å². The minimum atomic E-state index is -0.935. The lowest BCUT2D eigenvalue weighted by Crippen LogP contribution is -2.27. The van der Waals surface area contributed by atoms with Gasteiger partial charge in [-0.15, -0.1) is 0 Å². The molecule has 0 spiro atoms. The molecule has 0 bridgehead atoms. The van der Waals surface area contributed by atoms with Crippen LogP contribution in [0.15, 0.2) is 6.07 Å². The zero-order chi connectivity index (χ0) is 18.4. The molecule has 0 aliphatic heterocycles. The first kappa shape index (κ1) is 17.4. The molecule has 1 fully saturated rings. The van der Waals surface area contributed by atoms with E-state index in [1.165, 1.54) is 0 Å². The van der Waals surface area contributed by atoms with Gasteiger partial charge in [-0.3, -0.25) is 9.59 Å². The number of rotatable bonds is 5. The van der Waals surface area contributed by atoms with Crippen molar-refractivity contribution >= 4 is 22.9 Å². The lowest BCUT2D eigenvalue weighted by molar-refractivity contribution is -0.136. The second-order valence-electron chi connectivity index (χ2n) is 7.64. The van der Waals surface area contributed by atoms with E-state index in [0.29, 0.717) is 11.5 Å². The van der Waals surface area contributed by atoms with Gasteiger partial charge in [0.2, 0.25) is 0 Å². The number of aliphatic carboxylic acids is 1. The Morgan fingerprint density at radius 1 is 1.36 bits per heavy atom. The fraction of sp³-hybridized carbons (Fsp3) is 0.556. The molecule has 2 heterocycles. The molecular weight excluding hydrogens is 320 g/mol. The Labute approximate surface area is 146 Å². The van der Waals surface area contributed by atoms with E-state index >= 15 is 0 Å². The highest BCUT2D eigenvalue weighted by Crippen LogP contribution is 2.40.